The maximum atomic E-state index is 4.20. The molecule has 1 atom stereocenters. The number of nitrogens with zero attached hydrogens (tertiary/aromatic N) is 3. The molecule has 0 aromatic carbocycles. The second-order valence-electron chi connectivity index (χ2n) is 3.89. The molecule has 0 N–H and O–H groups in total. The van der Waals surface area contributed by atoms with E-state index in [1.54, 1.807) is 0 Å². The first-order valence-corrected chi connectivity index (χ1v) is 6.63. The van der Waals surface area contributed by atoms with Crippen molar-refractivity contribution in [2.24, 2.45) is 0 Å². The van der Waals surface area contributed by atoms with Gasteiger partial charge in [0.1, 0.15) is 0 Å². The van der Waals surface area contributed by atoms with Gasteiger partial charge >= 0.3 is 0 Å². The van der Waals surface area contributed by atoms with E-state index in [1.165, 1.54) is 4.88 Å². The summed E-state index contributed by atoms with van der Waals surface area (Å²) in [6.45, 7) is 5.20. The zero-order valence-corrected chi connectivity index (χ0v) is 10.6. The zero-order valence-electron chi connectivity index (χ0n) is 9.76. The van der Waals surface area contributed by atoms with Crippen LogP contribution >= 0.6 is 11.3 Å². The van der Waals surface area contributed by atoms with E-state index in [4.69, 9.17) is 0 Å². The standard InChI is InChI=1S/C12H17N3S/c1-3-10(12-6-5-7-16-12)8-11-9-15(4-2)14-13-11/h5-7,9-10H,3-4,8H2,1-2H3. The molecular formula is C12H17N3S. The summed E-state index contributed by atoms with van der Waals surface area (Å²) in [7, 11) is 0. The summed E-state index contributed by atoms with van der Waals surface area (Å²) in [5, 5.41) is 10.4. The molecule has 0 saturated carbocycles. The number of hydrogen-bond acceptors (Lipinski definition) is 3. The van der Waals surface area contributed by atoms with E-state index in [0.29, 0.717) is 5.92 Å². The van der Waals surface area contributed by atoms with Crippen molar-refractivity contribution in [1.82, 2.24) is 15.0 Å². The van der Waals surface area contributed by atoms with Gasteiger partial charge in [0, 0.05) is 24.0 Å². The minimum Gasteiger partial charge on any atom is -0.253 e. The molecule has 0 aliphatic heterocycles. The molecular weight excluding hydrogens is 218 g/mol. The SMILES string of the molecule is CCC(Cc1cn(CC)nn1)c1cccs1. The smallest absolute Gasteiger partial charge is 0.0833 e. The zero-order chi connectivity index (χ0) is 11.4. The van der Waals surface area contributed by atoms with Crippen molar-refractivity contribution < 1.29 is 0 Å². The normalized spacial score (nSPS) is 12.9. The highest BCUT2D eigenvalue weighted by atomic mass is 32.1. The molecule has 1 unspecified atom stereocenters. The summed E-state index contributed by atoms with van der Waals surface area (Å²) in [6, 6.07) is 4.33. The first kappa shape index (κ1) is 11.3. The largest absolute Gasteiger partial charge is 0.253 e. The second-order valence-corrected chi connectivity index (χ2v) is 4.87. The van der Waals surface area contributed by atoms with Gasteiger partial charge in [-0.05, 0) is 30.7 Å². The number of aromatic nitrogens is 3. The van der Waals surface area contributed by atoms with E-state index in [9.17, 15) is 0 Å². The molecule has 4 heteroatoms. The Balaban J connectivity index is 2.07. The summed E-state index contributed by atoms with van der Waals surface area (Å²) in [6.07, 6.45) is 4.20. The Morgan fingerprint density at radius 1 is 1.44 bits per heavy atom. The molecule has 0 radical (unpaired) electrons. The molecule has 0 aliphatic carbocycles. The average Bonchev–Trinajstić information content (AvgIpc) is 2.96. The van der Waals surface area contributed by atoms with Crippen LogP contribution in [0.2, 0.25) is 0 Å². The molecule has 0 fully saturated rings. The fourth-order valence-electron chi connectivity index (χ4n) is 1.81. The van der Waals surface area contributed by atoms with E-state index in [1.807, 2.05) is 16.0 Å². The maximum absolute atomic E-state index is 4.20. The minimum atomic E-state index is 0.585. The lowest BCUT2D eigenvalue weighted by Gasteiger charge is -2.10. The summed E-state index contributed by atoms with van der Waals surface area (Å²) in [4.78, 5) is 1.45. The second kappa shape index (κ2) is 5.25. The molecule has 3 nitrogen and oxygen atoms in total. The summed E-state index contributed by atoms with van der Waals surface area (Å²) in [5.74, 6) is 0.585. The third-order valence-electron chi connectivity index (χ3n) is 2.80. The van der Waals surface area contributed by atoms with Gasteiger partial charge < -0.3 is 0 Å². The lowest BCUT2D eigenvalue weighted by Crippen LogP contribution is -2.00. The summed E-state index contributed by atoms with van der Waals surface area (Å²) >= 11 is 1.83. The predicted molar refractivity (Wildman–Crippen MR) is 66.8 cm³/mol. The lowest BCUT2D eigenvalue weighted by atomic mass is 9.99. The molecule has 86 valence electrons. The highest BCUT2D eigenvalue weighted by Gasteiger charge is 2.13. The van der Waals surface area contributed by atoms with Gasteiger partial charge in [0.15, 0.2) is 0 Å². The quantitative estimate of drug-likeness (QED) is 0.797. The fraction of sp³-hybridized carbons (Fsp3) is 0.500. The number of aryl methyl sites for hydroxylation is 1. The van der Waals surface area contributed by atoms with Crippen LogP contribution in [0.3, 0.4) is 0 Å². The minimum absolute atomic E-state index is 0.585. The Morgan fingerprint density at radius 2 is 2.31 bits per heavy atom. The first-order valence-electron chi connectivity index (χ1n) is 5.75. The van der Waals surface area contributed by atoms with Crippen LogP contribution in [0.5, 0.6) is 0 Å². The predicted octanol–water partition coefficient (Wildman–Crippen LogP) is 3.10. The van der Waals surface area contributed by atoms with Crippen molar-refractivity contribution in [3.8, 4) is 0 Å². The maximum Gasteiger partial charge on any atom is 0.0833 e. The van der Waals surface area contributed by atoms with Crippen LogP contribution in [0.4, 0.5) is 0 Å². The molecule has 2 rings (SSSR count). The first-order chi connectivity index (χ1) is 7.83. The number of rotatable bonds is 5. The lowest BCUT2D eigenvalue weighted by molar-refractivity contribution is 0.625. The van der Waals surface area contributed by atoms with E-state index in [-0.39, 0.29) is 0 Å². The average molecular weight is 235 g/mol. The van der Waals surface area contributed by atoms with Gasteiger partial charge in [-0.15, -0.1) is 16.4 Å². The van der Waals surface area contributed by atoms with Gasteiger partial charge in [-0.3, -0.25) is 4.68 Å². The summed E-state index contributed by atoms with van der Waals surface area (Å²) in [5.41, 5.74) is 1.10. The van der Waals surface area contributed by atoms with Crippen LogP contribution in [-0.2, 0) is 13.0 Å². The van der Waals surface area contributed by atoms with Crippen LogP contribution in [0, 0.1) is 0 Å². The Hall–Kier alpha value is -1.16. The third-order valence-corrected chi connectivity index (χ3v) is 3.84. The highest BCUT2D eigenvalue weighted by molar-refractivity contribution is 7.10. The molecule has 2 aromatic rings. The van der Waals surface area contributed by atoms with E-state index >= 15 is 0 Å². The molecule has 2 heterocycles. The van der Waals surface area contributed by atoms with E-state index in [2.05, 4.69) is 47.9 Å². The van der Waals surface area contributed by atoms with Crippen molar-refractivity contribution in [2.75, 3.05) is 0 Å². The number of thiophene rings is 1. The van der Waals surface area contributed by atoms with E-state index in [0.717, 1.165) is 25.1 Å². The van der Waals surface area contributed by atoms with Crippen LogP contribution in [0.15, 0.2) is 23.7 Å². The van der Waals surface area contributed by atoms with Gasteiger partial charge in [0.25, 0.3) is 0 Å². The van der Waals surface area contributed by atoms with Gasteiger partial charge in [0.05, 0.1) is 5.69 Å². The molecule has 0 aliphatic rings. The van der Waals surface area contributed by atoms with Crippen molar-refractivity contribution in [1.29, 1.82) is 0 Å². The highest BCUT2D eigenvalue weighted by Crippen LogP contribution is 2.27. The Kier molecular flexibility index (Phi) is 3.72. The van der Waals surface area contributed by atoms with Gasteiger partial charge in [-0.1, -0.05) is 18.2 Å². The van der Waals surface area contributed by atoms with Crippen LogP contribution in [0.1, 0.15) is 36.8 Å². The van der Waals surface area contributed by atoms with Crippen molar-refractivity contribution in [3.63, 3.8) is 0 Å². The topological polar surface area (TPSA) is 30.7 Å². The monoisotopic (exact) mass is 235 g/mol. The number of hydrogen-bond donors (Lipinski definition) is 0. The molecule has 0 saturated heterocycles. The van der Waals surface area contributed by atoms with Crippen molar-refractivity contribution >= 4 is 11.3 Å². The third kappa shape index (κ3) is 2.50. The van der Waals surface area contributed by atoms with E-state index < -0.39 is 0 Å². The Morgan fingerprint density at radius 3 is 2.88 bits per heavy atom. The van der Waals surface area contributed by atoms with Gasteiger partial charge in [-0.2, -0.15) is 0 Å². The Bertz CT molecular complexity index is 419. The molecule has 16 heavy (non-hydrogen) atoms. The van der Waals surface area contributed by atoms with Crippen molar-refractivity contribution in [3.05, 3.63) is 34.3 Å². The Labute approximate surface area is 100 Å². The molecule has 0 amide bonds. The van der Waals surface area contributed by atoms with Crippen LogP contribution in [-0.4, -0.2) is 15.0 Å². The van der Waals surface area contributed by atoms with Crippen molar-refractivity contribution in [2.45, 2.75) is 39.2 Å². The van der Waals surface area contributed by atoms with Crippen LogP contribution in [0.25, 0.3) is 0 Å². The van der Waals surface area contributed by atoms with Gasteiger partial charge in [-0.25, -0.2) is 0 Å². The molecule has 2 aromatic heterocycles. The fourth-order valence-corrected chi connectivity index (χ4v) is 2.72. The van der Waals surface area contributed by atoms with Gasteiger partial charge in [0.2, 0.25) is 0 Å². The summed E-state index contributed by atoms with van der Waals surface area (Å²) < 4.78 is 1.89. The molecule has 0 spiro atoms. The van der Waals surface area contributed by atoms with Crippen LogP contribution < -0.4 is 0 Å². The molecule has 0 bridgehead atoms.